The fourth-order valence-corrected chi connectivity index (χ4v) is 5.44. The largest absolute Gasteiger partial charge is 0.384 e. The summed E-state index contributed by atoms with van der Waals surface area (Å²) in [6.07, 6.45) is 0. The highest BCUT2D eigenvalue weighted by molar-refractivity contribution is 6.03. The predicted molar refractivity (Wildman–Crippen MR) is 123 cm³/mol. The Morgan fingerprint density at radius 1 is 0.700 bits per heavy atom. The first-order valence-corrected chi connectivity index (χ1v) is 10.4. The molecule has 0 aliphatic heterocycles. The molecule has 150 valence electrons. The van der Waals surface area contributed by atoms with Gasteiger partial charge in [0.2, 0.25) is 0 Å². The van der Waals surface area contributed by atoms with Crippen LogP contribution in [0.2, 0.25) is 0 Å². The summed E-state index contributed by atoms with van der Waals surface area (Å²) >= 11 is 0. The predicted octanol–water partition coefficient (Wildman–Crippen LogP) is 6.18. The van der Waals surface area contributed by atoms with Gasteiger partial charge in [0, 0.05) is 20.1 Å². The summed E-state index contributed by atoms with van der Waals surface area (Å²) in [5, 5.41) is 2.65. The molecule has 0 N–H and O–H groups in total. The molecule has 0 heterocycles. The summed E-state index contributed by atoms with van der Waals surface area (Å²) in [6, 6.07) is 32.7. The van der Waals surface area contributed by atoms with Crippen molar-refractivity contribution in [3.05, 3.63) is 108 Å². The summed E-state index contributed by atoms with van der Waals surface area (Å²) < 4.78 is 11.7. The highest BCUT2D eigenvalue weighted by Crippen LogP contribution is 2.55. The molecule has 0 spiro atoms. The molecule has 1 unspecified atom stereocenters. The molecular formula is C28H26O2. The van der Waals surface area contributed by atoms with Crippen LogP contribution in [0.3, 0.4) is 0 Å². The molecule has 0 amide bonds. The molecule has 0 bridgehead atoms. The summed E-state index contributed by atoms with van der Waals surface area (Å²) in [5.41, 5.74) is 6.24. The summed E-state index contributed by atoms with van der Waals surface area (Å²) in [6.45, 7) is 1.21. The molecule has 0 aromatic heterocycles. The van der Waals surface area contributed by atoms with Gasteiger partial charge in [-0.3, -0.25) is 0 Å². The Kier molecular flexibility index (Phi) is 4.90. The van der Waals surface area contributed by atoms with Gasteiger partial charge in [-0.25, -0.2) is 0 Å². The molecule has 0 saturated heterocycles. The molecule has 4 aromatic rings. The molecule has 0 fully saturated rings. The lowest BCUT2D eigenvalue weighted by Gasteiger charge is -2.36. The lowest BCUT2D eigenvalue weighted by Crippen LogP contribution is -2.40. The van der Waals surface area contributed by atoms with Crippen LogP contribution in [0.5, 0.6) is 0 Å². The zero-order valence-electron chi connectivity index (χ0n) is 17.5. The van der Waals surface area contributed by atoms with E-state index in [-0.39, 0.29) is 11.3 Å². The number of hydrogen-bond acceptors (Lipinski definition) is 2. The van der Waals surface area contributed by atoms with Crippen LogP contribution < -0.4 is 0 Å². The van der Waals surface area contributed by atoms with Gasteiger partial charge in [0.1, 0.15) is 0 Å². The first-order valence-electron chi connectivity index (χ1n) is 10.4. The van der Waals surface area contributed by atoms with Crippen LogP contribution in [0.4, 0.5) is 0 Å². The molecule has 5 rings (SSSR count). The molecule has 4 aromatic carbocycles. The van der Waals surface area contributed by atoms with Crippen molar-refractivity contribution in [1.29, 1.82) is 0 Å². The van der Waals surface area contributed by atoms with E-state index in [1.54, 1.807) is 14.2 Å². The summed E-state index contributed by atoms with van der Waals surface area (Å²) in [4.78, 5) is 0. The Bertz CT molecular complexity index is 1160. The van der Waals surface area contributed by atoms with E-state index in [0.717, 1.165) is 0 Å². The molecule has 2 nitrogen and oxygen atoms in total. The SMILES string of the molecule is COCC1(COC)c2cccc3c(-c4ccccc4)ccc(c23)C1c1ccccc1. The Labute approximate surface area is 178 Å². The number of methoxy groups -OCH3 is 2. The van der Waals surface area contributed by atoms with Crippen molar-refractivity contribution in [3.8, 4) is 11.1 Å². The maximum atomic E-state index is 5.83. The maximum absolute atomic E-state index is 5.83. The molecule has 1 atom stereocenters. The van der Waals surface area contributed by atoms with Crippen LogP contribution in [-0.4, -0.2) is 27.4 Å². The standard InChI is InChI=1S/C28H26O2/c1-29-18-28(19-30-2)25-15-9-14-23-22(20-10-5-3-6-11-20)16-17-24(26(23)25)27(28)21-12-7-4-8-13-21/h3-17,27H,18-19H2,1-2H3. The minimum atomic E-state index is -0.262. The van der Waals surface area contributed by atoms with E-state index in [1.807, 2.05) is 0 Å². The van der Waals surface area contributed by atoms with E-state index in [2.05, 4.69) is 91.0 Å². The third-order valence-corrected chi connectivity index (χ3v) is 6.49. The van der Waals surface area contributed by atoms with E-state index in [9.17, 15) is 0 Å². The van der Waals surface area contributed by atoms with Crippen LogP contribution >= 0.6 is 0 Å². The summed E-state index contributed by atoms with van der Waals surface area (Å²) in [7, 11) is 3.58. The van der Waals surface area contributed by atoms with Crippen molar-refractivity contribution in [3.63, 3.8) is 0 Å². The van der Waals surface area contributed by atoms with Gasteiger partial charge < -0.3 is 9.47 Å². The zero-order chi connectivity index (χ0) is 20.6. The monoisotopic (exact) mass is 394 g/mol. The van der Waals surface area contributed by atoms with Crippen molar-refractivity contribution >= 4 is 10.8 Å². The van der Waals surface area contributed by atoms with Crippen LogP contribution in [-0.2, 0) is 14.9 Å². The van der Waals surface area contributed by atoms with Crippen LogP contribution in [0.25, 0.3) is 21.9 Å². The molecule has 1 aliphatic rings. The molecule has 30 heavy (non-hydrogen) atoms. The molecule has 1 aliphatic carbocycles. The van der Waals surface area contributed by atoms with E-state index in [0.29, 0.717) is 13.2 Å². The van der Waals surface area contributed by atoms with E-state index >= 15 is 0 Å². The van der Waals surface area contributed by atoms with Gasteiger partial charge in [0.25, 0.3) is 0 Å². The first-order chi connectivity index (χ1) is 14.8. The highest BCUT2D eigenvalue weighted by Gasteiger charge is 2.49. The fraction of sp³-hybridized carbons (Fsp3) is 0.214. The number of hydrogen-bond donors (Lipinski definition) is 0. The smallest absolute Gasteiger partial charge is 0.0590 e. The highest BCUT2D eigenvalue weighted by atomic mass is 16.5. The number of benzene rings is 4. The lowest BCUT2D eigenvalue weighted by molar-refractivity contribution is 0.0537. The second-order valence-electron chi connectivity index (χ2n) is 8.16. The Morgan fingerprint density at radius 2 is 1.37 bits per heavy atom. The second kappa shape index (κ2) is 7.71. The Morgan fingerprint density at radius 3 is 2.03 bits per heavy atom. The van der Waals surface area contributed by atoms with Gasteiger partial charge in [-0.1, -0.05) is 91.0 Å². The van der Waals surface area contributed by atoms with Crippen LogP contribution in [0, 0.1) is 0 Å². The topological polar surface area (TPSA) is 18.5 Å². The van der Waals surface area contributed by atoms with E-state index in [4.69, 9.17) is 9.47 Å². The van der Waals surface area contributed by atoms with Crippen molar-refractivity contribution in [2.45, 2.75) is 11.3 Å². The third-order valence-electron chi connectivity index (χ3n) is 6.49. The van der Waals surface area contributed by atoms with E-state index < -0.39 is 0 Å². The normalized spacial score (nSPS) is 16.8. The average molecular weight is 395 g/mol. The minimum Gasteiger partial charge on any atom is -0.384 e. The average Bonchev–Trinajstić information content (AvgIpc) is 3.07. The maximum Gasteiger partial charge on any atom is 0.0590 e. The third kappa shape index (κ3) is 2.79. The molecular weight excluding hydrogens is 368 g/mol. The number of ether oxygens (including phenoxy) is 2. The first kappa shape index (κ1) is 19.0. The summed E-state index contributed by atoms with van der Waals surface area (Å²) in [5.74, 6) is 0.184. The second-order valence-corrected chi connectivity index (χ2v) is 8.16. The van der Waals surface area contributed by atoms with Gasteiger partial charge in [-0.05, 0) is 38.6 Å². The van der Waals surface area contributed by atoms with Crippen molar-refractivity contribution in [2.24, 2.45) is 0 Å². The van der Waals surface area contributed by atoms with Gasteiger partial charge in [0.05, 0.1) is 18.6 Å². The van der Waals surface area contributed by atoms with Crippen molar-refractivity contribution < 1.29 is 9.47 Å². The van der Waals surface area contributed by atoms with Crippen molar-refractivity contribution in [2.75, 3.05) is 27.4 Å². The van der Waals surface area contributed by atoms with Crippen LogP contribution in [0.1, 0.15) is 22.6 Å². The fourth-order valence-electron chi connectivity index (χ4n) is 5.44. The molecule has 0 saturated carbocycles. The Balaban J connectivity index is 1.84. The molecule has 0 radical (unpaired) electrons. The minimum absolute atomic E-state index is 0.184. The quantitative estimate of drug-likeness (QED) is 0.389. The van der Waals surface area contributed by atoms with Gasteiger partial charge in [-0.15, -0.1) is 0 Å². The van der Waals surface area contributed by atoms with Gasteiger partial charge in [0.15, 0.2) is 0 Å². The number of rotatable bonds is 6. The molecule has 2 heteroatoms. The van der Waals surface area contributed by atoms with E-state index in [1.165, 1.54) is 38.6 Å². The van der Waals surface area contributed by atoms with Crippen molar-refractivity contribution in [1.82, 2.24) is 0 Å². The lowest BCUT2D eigenvalue weighted by atomic mass is 9.71. The zero-order valence-corrected chi connectivity index (χ0v) is 17.5. The Hall–Kier alpha value is -2.94. The van der Waals surface area contributed by atoms with Gasteiger partial charge in [-0.2, -0.15) is 0 Å². The van der Waals surface area contributed by atoms with Crippen LogP contribution in [0.15, 0.2) is 91.0 Å². The van der Waals surface area contributed by atoms with Gasteiger partial charge >= 0.3 is 0 Å².